The van der Waals surface area contributed by atoms with E-state index in [9.17, 15) is 19.5 Å². The van der Waals surface area contributed by atoms with Gasteiger partial charge in [0.2, 0.25) is 5.91 Å². The topological polar surface area (TPSA) is 95.9 Å². The lowest BCUT2D eigenvalue weighted by Gasteiger charge is -2.34. The summed E-state index contributed by atoms with van der Waals surface area (Å²) in [4.78, 5) is 37.3. The highest BCUT2D eigenvalue weighted by molar-refractivity contribution is 6.02. The Balaban J connectivity index is 1.62. The van der Waals surface area contributed by atoms with E-state index in [0.29, 0.717) is 24.6 Å². The number of hydrogen-bond acceptors (Lipinski definition) is 5. The summed E-state index contributed by atoms with van der Waals surface area (Å²) in [6.07, 6.45) is 1.59. The van der Waals surface area contributed by atoms with Crippen LogP contribution in [0.15, 0.2) is 24.3 Å². The first kappa shape index (κ1) is 20.3. The fourth-order valence-corrected chi connectivity index (χ4v) is 3.73. The van der Waals surface area contributed by atoms with Crippen LogP contribution in [0.5, 0.6) is 0 Å². The van der Waals surface area contributed by atoms with E-state index >= 15 is 0 Å². The maximum atomic E-state index is 12.2. The Morgan fingerprint density at radius 3 is 2.32 bits per heavy atom. The number of piperidine rings is 2. The second-order valence-electron chi connectivity index (χ2n) is 8.60. The Labute approximate surface area is 165 Å². The number of aliphatic hydroxyl groups is 1. The largest absolute Gasteiger partial charge is 0.444 e. The van der Waals surface area contributed by atoms with Gasteiger partial charge in [0, 0.05) is 19.5 Å². The summed E-state index contributed by atoms with van der Waals surface area (Å²) >= 11 is 0. The third-order valence-electron chi connectivity index (χ3n) is 5.35. The van der Waals surface area contributed by atoms with Crippen molar-refractivity contribution in [1.29, 1.82) is 0 Å². The Bertz CT molecular complexity index is 760. The smallest absolute Gasteiger partial charge is 0.410 e. The van der Waals surface area contributed by atoms with Crippen LogP contribution in [-0.4, -0.2) is 46.6 Å². The molecule has 0 saturated carbocycles. The van der Waals surface area contributed by atoms with Crippen LogP contribution in [0.3, 0.4) is 0 Å². The van der Waals surface area contributed by atoms with Crippen molar-refractivity contribution in [1.82, 2.24) is 10.2 Å². The van der Waals surface area contributed by atoms with Crippen LogP contribution in [0, 0.1) is 0 Å². The van der Waals surface area contributed by atoms with Gasteiger partial charge in [-0.25, -0.2) is 4.79 Å². The zero-order valence-corrected chi connectivity index (χ0v) is 16.7. The van der Waals surface area contributed by atoms with Gasteiger partial charge in [-0.1, -0.05) is 24.3 Å². The molecule has 0 aromatic heterocycles. The predicted octanol–water partition coefficient (Wildman–Crippen LogP) is 2.43. The van der Waals surface area contributed by atoms with Crippen molar-refractivity contribution in [2.45, 2.75) is 63.6 Å². The van der Waals surface area contributed by atoms with Crippen LogP contribution in [-0.2, 0) is 19.9 Å². The second-order valence-corrected chi connectivity index (χ2v) is 8.60. The Morgan fingerprint density at radius 2 is 1.79 bits per heavy atom. The maximum absolute atomic E-state index is 12.2. The molecule has 1 aromatic carbocycles. The molecule has 3 amide bonds. The van der Waals surface area contributed by atoms with Gasteiger partial charge >= 0.3 is 6.09 Å². The average molecular weight is 388 g/mol. The van der Waals surface area contributed by atoms with Crippen LogP contribution >= 0.6 is 0 Å². The first-order chi connectivity index (χ1) is 13.1. The first-order valence-electron chi connectivity index (χ1n) is 9.73. The quantitative estimate of drug-likeness (QED) is 0.759. The Kier molecular flexibility index (Phi) is 5.48. The van der Waals surface area contributed by atoms with E-state index in [2.05, 4.69) is 5.32 Å². The molecule has 2 fully saturated rings. The molecule has 2 aliphatic rings. The maximum Gasteiger partial charge on any atom is 0.410 e. The molecule has 2 heterocycles. The van der Waals surface area contributed by atoms with Crippen molar-refractivity contribution in [3.8, 4) is 0 Å². The second kappa shape index (κ2) is 7.54. The van der Waals surface area contributed by atoms with Crippen molar-refractivity contribution in [2.75, 3.05) is 13.1 Å². The minimum absolute atomic E-state index is 0.0886. The summed E-state index contributed by atoms with van der Waals surface area (Å²) in [5, 5.41) is 12.9. The zero-order valence-electron chi connectivity index (χ0n) is 16.7. The number of rotatable bonds is 2. The number of nitrogens with one attached hydrogen (secondary N) is 1. The Hall–Kier alpha value is -2.41. The predicted molar refractivity (Wildman–Crippen MR) is 103 cm³/mol. The molecule has 1 unspecified atom stereocenters. The highest BCUT2D eigenvalue weighted by Gasteiger charge is 2.42. The fourth-order valence-electron chi connectivity index (χ4n) is 3.73. The fraction of sp³-hybridized carbons (Fsp3) is 0.571. The molecule has 0 radical (unpaired) electrons. The molecule has 2 aliphatic heterocycles. The number of imide groups is 1. The molecule has 2 saturated heterocycles. The third kappa shape index (κ3) is 4.35. The lowest BCUT2D eigenvalue weighted by molar-refractivity contribution is -0.151. The summed E-state index contributed by atoms with van der Waals surface area (Å²) in [5.74, 6) is -0.714. The van der Waals surface area contributed by atoms with Gasteiger partial charge < -0.3 is 14.7 Å². The monoisotopic (exact) mass is 388 g/mol. The summed E-state index contributed by atoms with van der Waals surface area (Å²) in [5.41, 5.74) is -0.553. The molecule has 2 N–H and O–H groups in total. The molecule has 7 heteroatoms. The van der Waals surface area contributed by atoms with E-state index in [-0.39, 0.29) is 24.8 Å². The summed E-state index contributed by atoms with van der Waals surface area (Å²) in [6.45, 7) is 6.84. The molecular formula is C21H28N2O5. The molecule has 7 nitrogen and oxygen atoms in total. The lowest BCUT2D eigenvalue weighted by Crippen LogP contribution is -2.51. The number of carbonyl (C=O) groups excluding carboxylic acids is 3. The number of hydrogen-bond donors (Lipinski definition) is 2. The lowest BCUT2D eigenvalue weighted by atomic mass is 9.83. The van der Waals surface area contributed by atoms with Gasteiger partial charge in [0.25, 0.3) is 5.91 Å². The minimum atomic E-state index is -1.66. The van der Waals surface area contributed by atoms with Crippen molar-refractivity contribution in [3.05, 3.63) is 35.4 Å². The van der Waals surface area contributed by atoms with Crippen LogP contribution < -0.4 is 5.32 Å². The summed E-state index contributed by atoms with van der Waals surface area (Å²) in [7, 11) is 0. The molecule has 28 heavy (non-hydrogen) atoms. The van der Waals surface area contributed by atoms with Crippen LogP contribution in [0.4, 0.5) is 4.79 Å². The van der Waals surface area contributed by atoms with Crippen molar-refractivity contribution >= 4 is 17.9 Å². The first-order valence-corrected chi connectivity index (χ1v) is 9.73. The van der Waals surface area contributed by atoms with Gasteiger partial charge in [0.05, 0.1) is 0 Å². The molecular weight excluding hydrogens is 360 g/mol. The van der Waals surface area contributed by atoms with Gasteiger partial charge in [-0.3, -0.25) is 14.9 Å². The number of carbonyl (C=O) groups is 3. The number of benzene rings is 1. The van der Waals surface area contributed by atoms with E-state index in [4.69, 9.17) is 4.74 Å². The normalized spacial score (nSPS) is 24.1. The van der Waals surface area contributed by atoms with E-state index in [1.807, 2.05) is 32.9 Å². The van der Waals surface area contributed by atoms with Gasteiger partial charge in [0.1, 0.15) is 5.60 Å². The molecule has 0 aliphatic carbocycles. The van der Waals surface area contributed by atoms with E-state index in [1.165, 1.54) is 0 Å². The van der Waals surface area contributed by atoms with Gasteiger partial charge in [-0.15, -0.1) is 0 Å². The highest BCUT2D eigenvalue weighted by atomic mass is 16.6. The number of likely N-dealkylation sites (tertiary alicyclic amines) is 1. The number of nitrogens with zero attached hydrogens (tertiary/aromatic N) is 1. The minimum Gasteiger partial charge on any atom is -0.444 e. The van der Waals surface area contributed by atoms with E-state index in [0.717, 1.165) is 18.4 Å². The number of ether oxygens (including phenoxy) is 1. The average Bonchev–Trinajstić information content (AvgIpc) is 2.64. The third-order valence-corrected chi connectivity index (χ3v) is 5.35. The van der Waals surface area contributed by atoms with Crippen LogP contribution in [0.25, 0.3) is 0 Å². The highest BCUT2D eigenvalue weighted by Crippen LogP contribution is 2.33. The Morgan fingerprint density at radius 1 is 1.18 bits per heavy atom. The molecule has 0 bridgehead atoms. The number of amides is 3. The zero-order chi connectivity index (χ0) is 20.5. The molecule has 1 atom stereocenters. The van der Waals surface area contributed by atoms with Crippen molar-refractivity contribution in [2.24, 2.45) is 0 Å². The van der Waals surface area contributed by atoms with Gasteiger partial charge in [-0.2, -0.15) is 0 Å². The van der Waals surface area contributed by atoms with Crippen LogP contribution in [0.2, 0.25) is 0 Å². The van der Waals surface area contributed by atoms with Gasteiger partial charge in [-0.05, 0) is 57.1 Å². The molecule has 0 spiro atoms. The van der Waals surface area contributed by atoms with E-state index in [1.54, 1.807) is 17.0 Å². The van der Waals surface area contributed by atoms with E-state index < -0.39 is 17.1 Å². The molecule has 152 valence electrons. The van der Waals surface area contributed by atoms with Crippen LogP contribution in [0.1, 0.15) is 63.5 Å². The molecule has 3 rings (SSSR count). The standard InChI is InChI=1S/C21H28N2O5/c1-20(2,3)28-19(26)23-12-9-15(10-13-23)14-4-6-16(7-5-14)21(27)11-8-17(24)22-18(21)25/h4-7,15,27H,8-13H2,1-3H3,(H,22,24,25). The van der Waals surface area contributed by atoms with Gasteiger partial charge in [0.15, 0.2) is 5.60 Å². The summed E-state index contributed by atoms with van der Waals surface area (Å²) < 4.78 is 5.43. The SMILES string of the molecule is CC(C)(C)OC(=O)N1CCC(c2ccc(C3(O)CCC(=O)NC3=O)cc2)CC1. The summed E-state index contributed by atoms with van der Waals surface area (Å²) in [6, 6.07) is 7.35. The van der Waals surface area contributed by atoms with Crippen molar-refractivity contribution < 1.29 is 24.2 Å². The van der Waals surface area contributed by atoms with Crippen molar-refractivity contribution in [3.63, 3.8) is 0 Å². The molecule has 1 aromatic rings.